The van der Waals surface area contributed by atoms with Gasteiger partial charge in [-0.2, -0.15) is 0 Å². The van der Waals surface area contributed by atoms with Gasteiger partial charge in [0.25, 0.3) is 0 Å². The van der Waals surface area contributed by atoms with E-state index in [-0.39, 0.29) is 0 Å². The van der Waals surface area contributed by atoms with Gasteiger partial charge in [-0.25, -0.2) is 4.98 Å². The molecule has 120 valence electrons. The predicted molar refractivity (Wildman–Crippen MR) is 105 cm³/mol. The van der Waals surface area contributed by atoms with Crippen LogP contribution in [0.1, 0.15) is 11.1 Å². The second-order valence-electron chi connectivity index (χ2n) is 6.70. The van der Waals surface area contributed by atoms with Crippen molar-refractivity contribution >= 4 is 27.5 Å². The summed E-state index contributed by atoms with van der Waals surface area (Å²) in [5.74, 6) is 0. The zero-order chi connectivity index (χ0) is 17.0. The number of hydrogen-bond donors (Lipinski definition) is 0. The summed E-state index contributed by atoms with van der Waals surface area (Å²) in [6, 6.07) is 25.7. The Labute approximate surface area is 146 Å². The van der Waals surface area contributed by atoms with Crippen molar-refractivity contribution in [2.75, 3.05) is 0 Å². The van der Waals surface area contributed by atoms with Crippen LogP contribution in [0.4, 0.5) is 0 Å². The van der Waals surface area contributed by atoms with Crippen molar-refractivity contribution < 1.29 is 0 Å². The number of pyridine rings is 1. The van der Waals surface area contributed by atoms with Crippen LogP contribution in [0.3, 0.4) is 0 Å². The van der Waals surface area contributed by atoms with Crippen molar-refractivity contribution in [3.8, 4) is 11.3 Å². The molecule has 0 aliphatic carbocycles. The second kappa shape index (κ2) is 5.18. The second-order valence-corrected chi connectivity index (χ2v) is 6.70. The lowest BCUT2D eigenvalue weighted by Gasteiger charge is -2.12. The van der Waals surface area contributed by atoms with E-state index in [2.05, 4.69) is 91.0 Å². The zero-order valence-corrected chi connectivity index (χ0v) is 14.3. The highest BCUT2D eigenvalue weighted by molar-refractivity contribution is 6.02. The number of rotatable bonds is 1. The molecule has 0 bridgehead atoms. The first-order chi connectivity index (χ1) is 12.2. The van der Waals surface area contributed by atoms with Crippen molar-refractivity contribution in [3.05, 3.63) is 83.9 Å². The molecule has 5 rings (SSSR count). The molecule has 0 atom stereocenters. The first-order valence-electron chi connectivity index (χ1n) is 8.59. The fraction of sp³-hybridized carbons (Fsp3) is 0.0870. The van der Waals surface area contributed by atoms with Crippen LogP contribution in [-0.4, -0.2) is 9.38 Å². The minimum Gasteiger partial charge on any atom is -0.292 e. The summed E-state index contributed by atoms with van der Waals surface area (Å²) in [5.41, 5.74) is 8.17. The van der Waals surface area contributed by atoms with Crippen LogP contribution in [-0.2, 0) is 0 Å². The van der Waals surface area contributed by atoms with Crippen LogP contribution in [0.5, 0.6) is 0 Å². The molecule has 25 heavy (non-hydrogen) atoms. The number of hydrogen-bond acceptors (Lipinski definition) is 1. The van der Waals surface area contributed by atoms with Crippen LogP contribution in [0.2, 0.25) is 0 Å². The molecule has 2 aromatic heterocycles. The monoisotopic (exact) mass is 322 g/mol. The third kappa shape index (κ3) is 2.07. The number of para-hydroxylation sites is 2. The van der Waals surface area contributed by atoms with Gasteiger partial charge in [0.1, 0.15) is 5.65 Å². The molecule has 0 aliphatic rings. The Morgan fingerprint density at radius 3 is 2.36 bits per heavy atom. The Kier molecular flexibility index (Phi) is 2.95. The van der Waals surface area contributed by atoms with Crippen molar-refractivity contribution in [2.45, 2.75) is 13.8 Å². The molecule has 0 radical (unpaired) electrons. The van der Waals surface area contributed by atoms with Crippen LogP contribution < -0.4 is 0 Å². The van der Waals surface area contributed by atoms with Gasteiger partial charge in [0.05, 0.1) is 16.7 Å². The Hall–Kier alpha value is -3.13. The van der Waals surface area contributed by atoms with Crippen molar-refractivity contribution in [3.63, 3.8) is 0 Å². The zero-order valence-electron chi connectivity index (χ0n) is 14.3. The maximum absolute atomic E-state index is 4.97. The topological polar surface area (TPSA) is 17.3 Å². The number of benzene rings is 3. The van der Waals surface area contributed by atoms with E-state index in [0.717, 1.165) is 16.7 Å². The van der Waals surface area contributed by atoms with E-state index >= 15 is 0 Å². The third-order valence-corrected chi connectivity index (χ3v) is 4.92. The maximum Gasteiger partial charge on any atom is 0.146 e. The molecular formula is C23H18N2. The SMILES string of the molecule is Cc1cc(C)c2cc(-c3ccccc3)n3c4ccccc4nc3c2c1. The van der Waals surface area contributed by atoms with Gasteiger partial charge in [-0.1, -0.05) is 54.1 Å². The van der Waals surface area contributed by atoms with Gasteiger partial charge in [0.15, 0.2) is 0 Å². The van der Waals surface area contributed by atoms with E-state index in [0.29, 0.717) is 0 Å². The smallest absolute Gasteiger partial charge is 0.146 e. The van der Waals surface area contributed by atoms with Gasteiger partial charge in [-0.05, 0) is 54.6 Å². The highest BCUT2D eigenvalue weighted by Gasteiger charge is 2.14. The van der Waals surface area contributed by atoms with Crippen molar-refractivity contribution in [1.82, 2.24) is 9.38 Å². The first-order valence-corrected chi connectivity index (χ1v) is 8.59. The quantitative estimate of drug-likeness (QED) is 0.374. The van der Waals surface area contributed by atoms with Gasteiger partial charge < -0.3 is 0 Å². The van der Waals surface area contributed by atoms with Crippen molar-refractivity contribution in [2.24, 2.45) is 0 Å². The molecular weight excluding hydrogens is 304 g/mol. The molecule has 0 aliphatic heterocycles. The molecule has 5 aromatic rings. The lowest BCUT2D eigenvalue weighted by molar-refractivity contribution is 1.24. The number of aryl methyl sites for hydroxylation is 2. The summed E-state index contributed by atoms with van der Waals surface area (Å²) >= 11 is 0. The highest BCUT2D eigenvalue weighted by atomic mass is 15.0. The Morgan fingerprint density at radius 2 is 1.52 bits per heavy atom. The normalized spacial score (nSPS) is 11.6. The van der Waals surface area contributed by atoms with E-state index in [1.807, 2.05) is 0 Å². The van der Waals surface area contributed by atoms with Crippen LogP contribution in [0.15, 0.2) is 72.8 Å². The summed E-state index contributed by atoms with van der Waals surface area (Å²) in [7, 11) is 0. The first kappa shape index (κ1) is 14.2. The fourth-order valence-corrected chi connectivity index (χ4v) is 3.83. The number of aromatic nitrogens is 2. The van der Waals surface area contributed by atoms with Gasteiger partial charge in [-0.3, -0.25) is 4.40 Å². The maximum atomic E-state index is 4.97. The van der Waals surface area contributed by atoms with E-state index in [9.17, 15) is 0 Å². The van der Waals surface area contributed by atoms with E-state index in [1.165, 1.54) is 33.2 Å². The Bertz CT molecular complexity index is 1250. The average molecular weight is 322 g/mol. The molecule has 2 heterocycles. The Balaban J connectivity index is 2.07. The average Bonchev–Trinajstić information content (AvgIpc) is 3.02. The molecule has 3 aromatic carbocycles. The van der Waals surface area contributed by atoms with Crippen LogP contribution in [0, 0.1) is 13.8 Å². The van der Waals surface area contributed by atoms with E-state index in [4.69, 9.17) is 4.98 Å². The lowest BCUT2D eigenvalue weighted by atomic mass is 10.0. The minimum absolute atomic E-state index is 1.03. The summed E-state index contributed by atoms with van der Waals surface area (Å²) in [6.45, 7) is 4.33. The van der Waals surface area contributed by atoms with Gasteiger partial charge >= 0.3 is 0 Å². The molecule has 0 unspecified atom stereocenters. The summed E-state index contributed by atoms with van der Waals surface area (Å²) < 4.78 is 2.30. The van der Waals surface area contributed by atoms with Gasteiger partial charge in [-0.15, -0.1) is 0 Å². The molecule has 0 saturated carbocycles. The molecule has 0 saturated heterocycles. The standard InChI is InChI=1S/C23H18N2/c1-15-12-16(2)18-14-22(17-8-4-3-5-9-17)25-21-11-7-6-10-20(21)24-23(25)19(18)13-15/h3-14H,1-2H3. The third-order valence-electron chi connectivity index (χ3n) is 4.92. The predicted octanol–water partition coefficient (Wildman–Crippen LogP) is 5.92. The molecule has 2 heteroatoms. The molecule has 0 fully saturated rings. The fourth-order valence-electron chi connectivity index (χ4n) is 3.83. The van der Waals surface area contributed by atoms with Crippen LogP contribution in [0.25, 0.3) is 38.7 Å². The lowest BCUT2D eigenvalue weighted by Crippen LogP contribution is -1.95. The molecule has 0 spiro atoms. The highest BCUT2D eigenvalue weighted by Crippen LogP contribution is 2.33. The Morgan fingerprint density at radius 1 is 0.760 bits per heavy atom. The number of nitrogens with zero attached hydrogens (tertiary/aromatic N) is 2. The molecule has 0 amide bonds. The van der Waals surface area contributed by atoms with Gasteiger partial charge in [0.2, 0.25) is 0 Å². The van der Waals surface area contributed by atoms with Gasteiger partial charge in [0, 0.05) is 5.39 Å². The number of imidazole rings is 1. The largest absolute Gasteiger partial charge is 0.292 e. The van der Waals surface area contributed by atoms with Crippen molar-refractivity contribution in [1.29, 1.82) is 0 Å². The number of fused-ring (bicyclic) bond motifs is 5. The summed E-state index contributed by atoms with van der Waals surface area (Å²) in [5, 5.41) is 2.49. The van der Waals surface area contributed by atoms with E-state index in [1.54, 1.807) is 0 Å². The van der Waals surface area contributed by atoms with Crippen LogP contribution >= 0.6 is 0 Å². The summed E-state index contributed by atoms with van der Waals surface area (Å²) in [6.07, 6.45) is 0. The minimum atomic E-state index is 1.03. The molecule has 2 nitrogen and oxygen atoms in total. The molecule has 0 N–H and O–H groups in total. The summed E-state index contributed by atoms with van der Waals surface area (Å²) in [4.78, 5) is 4.97. The van der Waals surface area contributed by atoms with E-state index < -0.39 is 0 Å².